The van der Waals surface area contributed by atoms with Crippen LogP contribution in [0.3, 0.4) is 0 Å². The van der Waals surface area contributed by atoms with Gasteiger partial charge in [-0.2, -0.15) is 0 Å². The molecule has 1 heterocycles. The number of benzene rings is 2. The van der Waals surface area contributed by atoms with Gasteiger partial charge >= 0.3 is 0 Å². The monoisotopic (exact) mass is 371 g/mol. The summed E-state index contributed by atoms with van der Waals surface area (Å²) in [6, 6.07) is 12.9. The maximum atomic E-state index is 12.3. The summed E-state index contributed by atoms with van der Waals surface area (Å²) in [5, 5.41) is 2.83. The first kappa shape index (κ1) is 19.0. The molecular weight excluding hydrogens is 346 g/mol. The summed E-state index contributed by atoms with van der Waals surface area (Å²) < 4.78 is 22.3. The van der Waals surface area contributed by atoms with E-state index >= 15 is 0 Å². The molecule has 1 aliphatic rings. The summed E-state index contributed by atoms with van der Waals surface area (Å²) in [5.41, 5.74) is 1.67. The molecule has 6 heteroatoms. The van der Waals surface area contributed by atoms with Crippen molar-refractivity contribution in [2.75, 3.05) is 32.2 Å². The molecule has 0 spiro atoms. The molecule has 0 radical (unpaired) electrons. The molecule has 6 nitrogen and oxygen atoms in total. The second-order valence-electron chi connectivity index (χ2n) is 6.43. The van der Waals surface area contributed by atoms with Gasteiger partial charge in [-0.25, -0.2) is 0 Å². The van der Waals surface area contributed by atoms with Gasteiger partial charge in [0, 0.05) is 6.61 Å². The van der Waals surface area contributed by atoms with Gasteiger partial charge in [0.2, 0.25) is 0 Å². The highest BCUT2D eigenvalue weighted by Gasteiger charge is 2.17. The summed E-state index contributed by atoms with van der Waals surface area (Å²) >= 11 is 0. The number of hydrogen-bond acceptors (Lipinski definition) is 5. The molecule has 1 N–H and O–H groups in total. The van der Waals surface area contributed by atoms with Crippen molar-refractivity contribution in [2.24, 2.45) is 0 Å². The van der Waals surface area contributed by atoms with Crippen molar-refractivity contribution >= 4 is 11.6 Å². The largest absolute Gasteiger partial charge is 0.493 e. The topological polar surface area (TPSA) is 66.0 Å². The van der Waals surface area contributed by atoms with E-state index < -0.39 is 0 Å². The quantitative estimate of drug-likeness (QED) is 0.768. The van der Waals surface area contributed by atoms with E-state index in [1.807, 2.05) is 37.3 Å². The lowest BCUT2D eigenvalue weighted by atomic mass is 10.2. The Morgan fingerprint density at radius 1 is 1.15 bits per heavy atom. The average molecular weight is 371 g/mol. The van der Waals surface area contributed by atoms with Gasteiger partial charge in [-0.1, -0.05) is 18.2 Å². The smallest absolute Gasteiger partial charge is 0.262 e. The summed E-state index contributed by atoms with van der Waals surface area (Å²) in [7, 11) is 1.57. The molecule has 3 rings (SSSR count). The van der Waals surface area contributed by atoms with Crippen LogP contribution in [0.25, 0.3) is 0 Å². The van der Waals surface area contributed by atoms with Crippen molar-refractivity contribution < 1.29 is 23.7 Å². The summed E-state index contributed by atoms with van der Waals surface area (Å²) in [5.74, 6) is 1.48. The summed E-state index contributed by atoms with van der Waals surface area (Å²) in [6.45, 7) is 3.10. The fourth-order valence-corrected chi connectivity index (χ4v) is 2.88. The van der Waals surface area contributed by atoms with E-state index in [9.17, 15) is 4.79 Å². The standard InChI is InChI=1S/C21H25NO5/c1-15-9-10-19(20(12-15)24-2)27-14-21(23)22-17-7-3-4-8-18(17)26-13-16-6-5-11-25-16/h3-4,7-10,12,16H,5-6,11,13-14H2,1-2H3,(H,22,23). The Morgan fingerprint density at radius 2 is 2.00 bits per heavy atom. The van der Waals surface area contributed by atoms with Gasteiger partial charge in [-0.15, -0.1) is 0 Å². The van der Waals surface area contributed by atoms with Gasteiger partial charge in [0.1, 0.15) is 12.4 Å². The van der Waals surface area contributed by atoms with Crippen molar-refractivity contribution in [3.05, 3.63) is 48.0 Å². The van der Waals surface area contributed by atoms with Crippen LogP contribution in [-0.4, -0.2) is 38.9 Å². The molecule has 0 aliphatic carbocycles. The van der Waals surface area contributed by atoms with Crippen LogP contribution in [0.1, 0.15) is 18.4 Å². The minimum atomic E-state index is -0.272. The maximum absolute atomic E-state index is 12.3. The van der Waals surface area contributed by atoms with Gasteiger partial charge in [0.05, 0.1) is 18.9 Å². The highest BCUT2D eigenvalue weighted by Crippen LogP contribution is 2.28. The number of rotatable bonds is 8. The first-order valence-electron chi connectivity index (χ1n) is 9.06. The summed E-state index contributed by atoms with van der Waals surface area (Å²) in [6.07, 6.45) is 2.18. The first-order chi connectivity index (χ1) is 13.2. The number of ether oxygens (including phenoxy) is 4. The number of hydrogen-bond donors (Lipinski definition) is 1. The Labute approximate surface area is 159 Å². The van der Waals surface area contributed by atoms with Crippen LogP contribution in [0.15, 0.2) is 42.5 Å². The first-order valence-corrected chi connectivity index (χ1v) is 9.06. The molecule has 1 aliphatic heterocycles. The van der Waals surface area contributed by atoms with Crippen LogP contribution in [0.5, 0.6) is 17.2 Å². The molecule has 2 aromatic carbocycles. The van der Waals surface area contributed by atoms with Gasteiger partial charge in [-0.05, 0) is 49.6 Å². The minimum absolute atomic E-state index is 0.117. The Morgan fingerprint density at radius 3 is 2.78 bits per heavy atom. The number of nitrogens with one attached hydrogen (secondary N) is 1. The van der Waals surface area contributed by atoms with Gasteiger partial charge < -0.3 is 24.3 Å². The summed E-state index contributed by atoms with van der Waals surface area (Å²) in [4.78, 5) is 12.3. The van der Waals surface area contributed by atoms with E-state index in [2.05, 4.69) is 5.32 Å². The van der Waals surface area contributed by atoms with Crippen LogP contribution in [0.4, 0.5) is 5.69 Å². The van der Waals surface area contributed by atoms with Crippen LogP contribution < -0.4 is 19.5 Å². The molecule has 0 aromatic heterocycles. The van der Waals surface area contributed by atoms with Gasteiger partial charge in [-0.3, -0.25) is 4.79 Å². The fourth-order valence-electron chi connectivity index (χ4n) is 2.88. The molecule has 27 heavy (non-hydrogen) atoms. The average Bonchev–Trinajstić information content (AvgIpc) is 3.20. The second-order valence-corrected chi connectivity index (χ2v) is 6.43. The van der Waals surface area contributed by atoms with Crippen LogP contribution in [0.2, 0.25) is 0 Å². The maximum Gasteiger partial charge on any atom is 0.262 e. The van der Waals surface area contributed by atoms with E-state index in [1.54, 1.807) is 19.2 Å². The van der Waals surface area contributed by atoms with Crippen molar-refractivity contribution in [1.29, 1.82) is 0 Å². The zero-order valence-electron chi connectivity index (χ0n) is 15.7. The minimum Gasteiger partial charge on any atom is -0.493 e. The third-order valence-corrected chi connectivity index (χ3v) is 4.29. The van der Waals surface area contributed by atoms with Crippen molar-refractivity contribution in [1.82, 2.24) is 0 Å². The normalized spacial score (nSPS) is 16.0. The zero-order valence-corrected chi connectivity index (χ0v) is 15.7. The number of para-hydroxylation sites is 2. The number of carbonyl (C=O) groups excluding carboxylic acids is 1. The number of anilines is 1. The lowest BCUT2D eigenvalue weighted by Gasteiger charge is -2.15. The van der Waals surface area contributed by atoms with Crippen molar-refractivity contribution in [3.63, 3.8) is 0 Å². The Kier molecular flexibility index (Phi) is 6.54. The number of aryl methyl sites for hydroxylation is 1. The molecule has 1 unspecified atom stereocenters. The predicted octanol–water partition coefficient (Wildman–Crippen LogP) is 3.58. The SMILES string of the molecule is COc1cc(C)ccc1OCC(=O)Nc1ccccc1OCC1CCCO1. The van der Waals surface area contributed by atoms with Gasteiger partial charge in [0.15, 0.2) is 18.1 Å². The third kappa shape index (κ3) is 5.37. The lowest BCUT2D eigenvalue weighted by molar-refractivity contribution is -0.118. The number of amides is 1. The lowest BCUT2D eigenvalue weighted by Crippen LogP contribution is -2.21. The molecule has 1 atom stereocenters. The van der Waals surface area contributed by atoms with Crippen LogP contribution in [0, 0.1) is 6.92 Å². The zero-order chi connectivity index (χ0) is 19.1. The highest BCUT2D eigenvalue weighted by molar-refractivity contribution is 5.93. The number of carbonyl (C=O) groups is 1. The van der Waals surface area contributed by atoms with Crippen LogP contribution >= 0.6 is 0 Å². The third-order valence-electron chi connectivity index (χ3n) is 4.29. The van der Waals surface area contributed by atoms with E-state index in [1.165, 1.54) is 0 Å². The van der Waals surface area contributed by atoms with E-state index in [4.69, 9.17) is 18.9 Å². The number of methoxy groups -OCH3 is 1. The molecule has 0 saturated carbocycles. The Hall–Kier alpha value is -2.73. The molecule has 1 saturated heterocycles. The predicted molar refractivity (Wildman–Crippen MR) is 103 cm³/mol. The molecular formula is C21H25NO5. The molecule has 1 fully saturated rings. The molecule has 0 bridgehead atoms. The second kappa shape index (κ2) is 9.28. The molecule has 1 amide bonds. The van der Waals surface area contributed by atoms with Crippen molar-refractivity contribution in [2.45, 2.75) is 25.9 Å². The van der Waals surface area contributed by atoms with E-state index in [0.717, 1.165) is 25.0 Å². The van der Waals surface area contributed by atoms with E-state index in [0.29, 0.717) is 29.5 Å². The Balaban J connectivity index is 1.56. The van der Waals surface area contributed by atoms with E-state index in [-0.39, 0.29) is 18.6 Å². The Bertz CT molecular complexity index is 771. The van der Waals surface area contributed by atoms with Crippen LogP contribution in [-0.2, 0) is 9.53 Å². The fraction of sp³-hybridized carbons (Fsp3) is 0.381. The van der Waals surface area contributed by atoms with Gasteiger partial charge in [0.25, 0.3) is 5.91 Å². The molecule has 2 aromatic rings. The van der Waals surface area contributed by atoms with Crippen molar-refractivity contribution in [3.8, 4) is 17.2 Å². The molecule has 144 valence electrons. The highest BCUT2D eigenvalue weighted by atomic mass is 16.5.